The number of benzene rings is 8. The van der Waals surface area contributed by atoms with Gasteiger partial charge in [0.15, 0.2) is 17.5 Å². The molecule has 2 aliphatic carbocycles. The van der Waals surface area contributed by atoms with E-state index in [0.717, 1.165) is 71.9 Å². The van der Waals surface area contributed by atoms with E-state index in [1.165, 1.54) is 33.4 Å². The minimum Gasteiger partial charge on any atom is -0.455 e. The molecule has 278 valence electrons. The third-order valence-corrected chi connectivity index (χ3v) is 12.6. The van der Waals surface area contributed by atoms with Gasteiger partial charge >= 0.3 is 0 Å². The lowest BCUT2D eigenvalue weighted by atomic mass is 9.69. The maximum absolute atomic E-state index is 6.41. The molecular formula is C55H32N4O. The molecule has 3 aromatic heterocycles. The minimum absolute atomic E-state index is 0.531. The van der Waals surface area contributed by atoms with Crippen LogP contribution in [0, 0.1) is 0 Å². The highest BCUT2D eigenvalue weighted by atomic mass is 16.3. The van der Waals surface area contributed by atoms with E-state index in [0.29, 0.717) is 17.5 Å². The molecule has 60 heavy (non-hydrogen) atoms. The first-order valence-electron chi connectivity index (χ1n) is 20.3. The van der Waals surface area contributed by atoms with Gasteiger partial charge in [-0.1, -0.05) is 182 Å². The zero-order valence-electron chi connectivity index (χ0n) is 32.2. The van der Waals surface area contributed by atoms with Crippen molar-refractivity contribution >= 4 is 32.8 Å². The van der Waals surface area contributed by atoms with Crippen molar-refractivity contribution in [3.63, 3.8) is 0 Å². The second-order valence-corrected chi connectivity index (χ2v) is 15.6. The highest BCUT2D eigenvalue weighted by Crippen LogP contribution is 2.65. The van der Waals surface area contributed by atoms with Crippen molar-refractivity contribution in [2.45, 2.75) is 5.41 Å². The van der Waals surface area contributed by atoms with Crippen LogP contribution in [-0.4, -0.2) is 19.9 Å². The van der Waals surface area contributed by atoms with E-state index in [9.17, 15) is 0 Å². The SMILES string of the molecule is c1ccc(-c2nc(-c3ccc(-c4cccc5c4oc4ccccc45)cc3)nc(-c3nc4ccccc4c4c3-c3ccccc3C43c4ccccc4-c4ccccc43)n2)cc1. The molecule has 8 aromatic carbocycles. The van der Waals surface area contributed by atoms with Crippen molar-refractivity contribution in [3.8, 4) is 67.7 Å². The normalized spacial score (nSPS) is 13.1. The monoisotopic (exact) mass is 764 g/mol. The lowest BCUT2D eigenvalue weighted by molar-refractivity contribution is 0.670. The highest BCUT2D eigenvalue weighted by Gasteiger charge is 2.53. The van der Waals surface area contributed by atoms with Gasteiger partial charge in [-0.05, 0) is 56.6 Å². The van der Waals surface area contributed by atoms with Gasteiger partial charge in [0.25, 0.3) is 0 Å². The van der Waals surface area contributed by atoms with Crippen LogP contribution in [0.3, 0.4) is 0 Å². The fraction of sp³-hybridized carbons (Fsp3) is 0.0182. The number of aromatic nitrogens is 4. The molecule has 5 heteroatoms. The molecule has 0 saturated heterocycles. The molecule has 0 bridgehead atoms. The summed E-state index contributed by atoms with van der Waals surface area (Å²) in [5, 5.41) is 3.33. The quantitative estimate of drug-likeness (QED) is 0.179. The molecule has 13 rings (SSSR count). The molecule has 0 amide bonds. The second-order valence-electron chi connectivity index (χ2n) is 15.6. The number of pyridine rings is 1. The summed E-state index contributed by atoms with van der Waals surface area (Å²) in [5.41, 5.74) is 16.4. The number of nitrogens with zero attached hydrogens (tertiary/aromatic N) is 4. The van der Waals surface area contributed by atoms with Crippen LogP contribution in [0.2, 0.25) is 0 Å². The van der Waals surface area contributed by atoms with E-state index in [1.807, 2.05) is 30.3 Å². The smallest absolute Gasteiger partial charge is 0.183 e. The van der Waals surface area contributed by atoms with Crippen molar-refractivity contribution in [3.05, 3.63) is 216 Å². The van der Waals surface area contributed by atoms with E-state index in [-0.39, 0.29) is 0 Å². The van der Waals surface area contributed by atoms with Gasteiger partial charge in [0, 0.05) is 38.4 Å². The van der Waals surface area contributed by atoms with Crippen LogP contribution in [0.1, 0.15) is 22.3 Å². The van der Waals surface area contributed by atoms with Gasteiger partial charge in [-0.15, -0.1) is 0 Å². The molecule has 0 radical (unpaired) electrons. The van der Waals surface area contributed by atoms with Crippen LogP contribution in [0.15, 0.2) is 199 Å². The third kappa shape index (κ3) is 4.51. The van der Waals surface area contributed by atoms with E-state index in [1.54, 1.807) is 0 Å². The summed E-state index contributed by atoms with van der Waals surface area (Å²) >= 11 is 0. The van der Waals surface area contributed by atoms with Gasteiger partial charge in [-0.3, -0.25) is 0 Å². The Balaban J connectivity index is 1.06. The van der Waals surface area contributed by atoms with Crippen molar-refractivity contribution in [2.24, 2.45) is 0 Å². The lowest BCUT2D eigenvalue weighted by Crippen LogP contribution is -2.26. The molecule has 11 aromatic rings. The summed E-state index contributed by atoms with van der Waals surface area (Å²) in [6.07, 6.45) is 0. The number of furan rings is 1. The third-order valence-electron chi connectivity index (χ3n) is 12.6. The average Bonchev–Trinajstić information content (AvgIpc) is 3.96. The predicted octanol–water partition coefficient (Wildman–Crippen LogP) is 13.3. The summed E-state index contributed by atoms with van der Waals surface area (Å²) < 4.78 is 6.41. The van der Waals surface area contributed by atoms with E-state index >= 15 is 0 Å². The Kier molecular flexibility index (Phi) is 6.87. The first kappa shape index (κ1) is 33.0. The fourth-order valence-electron chi connectivity index (χ4n) is 10.1. The lowest BCUT2D eigenvalue weighted by Gasteiger charge is -2.31. The van der Waals surface area contributed by atoms with Crippen LogP contribution < -0.4 is 0 Å². The molecule has 0 aliphatic heterocycles. The average molecular weight is 765 g/mol. The maximum atomic E-state index is 6.41. The Hall–Kier alpha value is -8.02. The Morgan fingerprint density at radius 1 is 0.350 bits per heavy atom. The first-order chi connectivity index (χ1) is 29.8. The largest absolute Gasteiger partial charge is 0.455 e. The minimum atomic E-state index is -0.562. The molecule has 0 unspecified atom stereocenters. The van der Waals surface area contributed by atoms with E-state index in [2.05, 4.69) is 164 Å². The van der Waals surface area contributed by atoms with Crippen molar-refractivity contribution < 1.29 is 4.42 Å². The number of rotatable bonds is 4. The second kappa shape index (κ2) is 12.5. The standard InChI is InChI=1S/C55H32N4O/c1-2-15-34(16-3-1)52-57-53(35-31-29-33(30-32-35)36-22-14-23-40-39-19-8-13-28-47(39)60-51(36)40)59-54(58-52)50-48-41-20-6-11-26-45(41)55(49(48)42-21-7-12-27-46(42)56-50)43-24-9-4-17-37(43)38-18-5-10-25-44(38)55/h1-32H. The van der Waals surface area contributed by atoms with Gasteiger partial charge in [0.2, 0.25) is 0 Å². The topological polar surface area (TPSA) is 64.7 Å². The van der Waals surface area contributed by atoms with Gasteiger partial charge in [0.05, 0.1) is 10.9 Å². The molecule has 0 saturated carbocycles. The zero-order chi connectivity index (χ0) is 39.4. The summed E-state index contributed by atoms with van der Waals surface area (Å²) in [5.74, 6) is 1.70. The maximum Gasteiger partial charge on any atom is 0.183 e. The first-order valence-corrected chi connectivity index (χ1v) is 20.3. The fourth-order valence-corrected chi connectivity index (χ4v) is 10.1. The predicted molar refractivity (Wildman–Crippen MR) is 240 cm³/mol. The Bertz CT molecular complexity index is 3510. The molecule has 0 N–H and O–H groups in total. The number of hydrogen-bond donors (Lipinski definition) is 0. The van der Waals surface area contributed by atoms with Crippen LogP contribution in [0.4, 0.5) is 0 Å². The molecule has 0 atom stereocenters. The van der Waals surface area contributed by atoms with Crippen molar-refractivity contribution in [1.82, 2.24) is 19.9 Å². The zero-order valence-corrected chi connectivity index (χ0v) is 32.2. The van der Waals surface area contributed by atoms with Crippen molar-refractivity contribution in [2.75, 3.05) is 0 Å². The van der Waals surface area contributed by atoms with Crippen LogP contribution in [0.25, 0.3) is 101 Å². The number of fused-ring (bicyclic) bond motifs is 15. The molecule has 0 fully saturated rings. The van der Waals surface area contributed by atoms with Gasteiger partial charge in [-0.2, -0.15) is 0 Å². The molecular weight excluding hydrogens is 733 g/mol. The van der Waals surface area contributed by atoms with Crippen LogP contribution in [-0.2, 0) is 5.41 Å². The summed E-state index contributed by atoms with van der Waals surface area (Å²) in [6, 6.07) is 68.3. The van der Waals surface area contributed by atoms with Crippen LogP contribution in [0.5, 0.6) is 0 Å². The summed E-state index contributed by atoms with van der Waals surface area (Å²) in [7, 11) is 0. The molecule has 3 heterocycles. The summed E-state index contributed by atoms with van der Waals surface area (Å²) in [6.45, 7) is 0. The van der Waals surface area contributed by atoms with E-state index in [4.69, 9.17) is 24.4 Å². The molecule has 5 nitrogen and oxygen atoms in total. The summed E-state index contributed by atoms with van der Waals surface area (Å²) in [4.78, 5) is 21.3. The van der Waals surface area contributed by atoms with Gasteiger partial charge in [-0.25, -0.2) is 19.9 Å². The molecule has 1 spiro atoms. The van der Waals surface area contributed by atoms with Crippen molar-refractivity contribution in [1.29, 1.82) is 0 Å². The Morgan fingerprint density at radius 3 is 1.60 bits per heavy atom. The van der Waals surface area contributed by atoms with Gasteiger partial charge < -0.3 is 4.42 Å². The highest BCUT2D eigenvalue weighted by molar-refractivity contribution is 6.10. The molecule has 2 aliphatic rings. The Labute approximate surface area is 345 Å². The number of hydrogen-bond acceptors (Lipinski definition) is 5. The Morgan fingerprint density at radius 2 is 0.867 bits per heavy atom. The van der Waals surface area contributed by atoms with E-state index < -0.39 is 5.41 Å². The number of para-hydroxylation sites is 3. The van der Waals surface area contributed by atoms with Gasteiger partial charge in [0.1, 0.15) is 16.9 Å². The van der Waals surface area contributed by atoms with Crippen LogP contribution >= 0.6 is 0 Å².